The van der Waals surface area contributed by atoms with E-state index in [2.05, 4.69) is 67.8 Å². The van der Waals surface area contributed by atoms with Crippen LogP contribution in [0.1, 0.15) is 162 Å². The summed E-state index contributed by atoms with van der Waals surface area (Å²) in [5.74, 6) is -0.258. The van der Waals surface area contributed by atoms with Gasteiger partial charge in [-0.25, -0.2) is 0 Å². The quantitative estimate of drug-likeness (QED) is 0.0248. The van der Waals surface area contributed by atoms with Crippen LogP contribution in [0.15, 0.2) is 60.8 Å². The molecule has 14 heteroatoms. The average Bonchev–Trinajstić information content (AvgIpc) is 3.30. The van der Waals surface area contributed by atoms with Gasteiger partial charge in [0.15, 0.2) is 12.6 Å². The van der Waals surface area contributed by atoms with Gasteiger partial charge in [0.1, 0.15) is 48.8 Å². The Labute approximate surface area is 390 Å². The lowest BCUT2D eigenvalue weighted by atomic mass is 9.97. The van der Waals surface area contributed by atoms with Gasteiger partial charge in [-0.2, -0.15) is 0 Å². The third-order valence-corrected chi connectivity index (χ3v) is 12.0. The first-order chi connectivity index (χ1) is 31.6. The molecule has 2 aliphatic heterocycles. The number of aliphatic hydroxyl groups is 8. The van der Waals surface area contributed by atoms with Crippen molar-refractivity contribution in [2.75, 3.05) is 19.8 Å². The minimum atomic E-state index is -1.79. The number of ether oxygens (including phenoxy) is 4. The van der Waals surface area contributed by atoms with Crippen LogP contribution in [-0.2, 0) is 23.7 Å². The lowest BCUT2D eigenvalue weighted by Crippen LogP contribution is -2.65. The molecule has 12 atom stereocenters. The number of hydrogen-bond acceptors (Lipinski definition) is 13. The minimum absolute atomic E-state index is 0.258. The van der Waals surface area contributed by atoms with Crippen molar-refractivity contribution in [3.8, 4) is 0 Å². The summed E-state index contributed by atoms with van der Waals surface area (Å²) in [6.07, 6.45) is 28.3. The average molecular weight is 924 g/mol. The van der Waals surface area contributed by atoms with Gasteiger partial charge in [0, 0.05) is 6.42 Å². The summed E-state index contributed by atoms with van der Waals surface area (Å²) in [5.41, 5.74) is 0. The van der Waals surface area contributed by atoms with Crippen LogP contribution in [0, 0.1) is 0 Å². The van der Waals surface area contributed by atoms with E-state index in [-0.39, 0.29) is 18.9 Å². The van der Waals surface area contributed by atoms with Crippen LogP contribution in [0.25, 0.3) is 0 Å². The highest BCUT2D eigenvalue weighted by molar-refractivity contribution is 5.76. The maximum Gasteiger partial charge on any atom is 0.220 e. The number of carbonyl (C=O) groups is 1. The van der Waals surface area contributed by atoms with E-state index in [4.69, 9.17) is 18.9 Å². The predicted molar refractivity (Wildman–Crippen MR) is 254 cm³/mol. The SMILES string of the molecule is CC/C=C\C/C=C\C/C=C\C/C=C\CCCCCCCCC(=O)NC(COC1OC(CO)C(OC2OC(CO)C(O)C(O)C2O)C(O)C1O)C(O)/C=C/CCCCCCCCCCCC. The Morgan fingerprint density at radius 2 is 1.06 bits per heavy atom. The molecule has 14 nitrogen and oxygen atoms in total. The third-order valence-electron chi connectivity index (χ3n) is 12.0. The molecular weight excluding hydrogens is 835 g/mol. The standard InChI is InChI=1S/C51H89NO13/c1-3-5-7-9-11-13-15-17-18-19-20-21-22-23-25-27-29-31-33-35-43(56)52-39(40(55)34-32-30-28-26-24-16-14-12-10-8-6-4-2)38-62-50-48(61)46(59)49(42(37-54)64-50)65-51-47(60)45(58)44(57)41(36-53)63-51/h5,7,11,13,17-18,20-21,32,34,39-42,44-51,53-55,57-61H,3-4,6,8-10,12,14-16,19,22-31,33,35-38H2,1-2H3,(H,52,56)/b7-5-,13-11-,18-17-,21-20-,34-32+. The van der Waals surface area contributed by atoms with Crippen molar-refractivity contribution in [3.05, 3.63) is 60.8 Å². The summed E-state index contributed by atoms with van der Waals surface area (Å²) >= 11 is 0. The molecule has 9 N–H and O–H groups in total. The largest absolute Gasteiger partial charge is 0.394 e. The van der Waals surface area contributed by atoms with E-state index >= 15 is 0 Å². The summed E-state index contributed by atoms with van der Waals surface area (Å²) < 4.78 is 22.7. The van der Waals surface area contributed by atoms with Crippen LogP contribution >= 0.6 is 0 Å². The number of unbranched alkanes of at least 4 members (excludes halogenated alkanes) is 16. The number of carbonyl (C=O) groups excluding carboxylic acids is 1. The first-order valence-corrected chi connectivity index (χ1v) is 25.0. The second-order valence-electron chi connectivity index (χ2n) is 17.6. The number of rotatable bonds is 37. The van der Waals surface area contributed by atoms with Gasteiger partial charge in [-0.1, -0.05) is 158 Å². The van der Waals surface area contributed by atoms with Crippen molar-refractivity contribution in [1.82, 2.24) is 5.32 Å². The van der Waals surface area contributed by atoms with Crippen LogP contribution in [0.2, 0.25) is 0 Å². The molecule has 0 aromatic heterocycles. The highest BCUT2D eigenvalue weighted by Crippen LogP contribution is 2.30. The highest BCUT2D eigenvalue weighted by Gasteiger charge is 2.51. The Morgan fingerprint density at radius 1 is 0.569 bits per heavy atom. The Hall–Kier alpha value is -2.31. The van der Waals surface area contributed by atoms with Gasteiger partial charge in [-0.05, 0) is 57.8 Å². The van der Waals surface area contributed by atoms with Crippen LogP contribution in [-0.4, -0.2) is 140 Å². The Balaban J connectivity index is 1.85. The maximum atomic E-state index is 13.2. The molecule has 376 valence electrons. The Morgan fingerprint density at radius 3 is 1.63 bits per heavy atom. The van der Waals surface area contributed by atoms with Crippen molar-refractivity contribution in [2.45, 2.75) is 235 Å². The summed E-state index contributed by atoms with van der Waals surface area (Å²) in [6.45, 7) is 2.63. The Kier molecular flexibility index (Phi) is 34.1. The van der Waals surface area contributed by atoms with Gasteiger partial charge in [0.05, 0.1) is 32.0 Å². The first-order valence-electron chi connectivity index (χ1n) is 25.0. The second kappa shape index (κ2) is 37.6. The maximum absolute atomic E-state index is 13.2. The molecule has 0 aromatic rings. The highest BCUT2D eigenvalue weighted by atomic mass is 16.7. The zero-order valence-corrected chi connectivity index (χ0v) is 39.7. The van der Waals surface area contributed by atoms with Crippen molar-refractivity contribution in [3.63, 3.8) is 0 Å². The van der Waals surface area contributed by atoms with Crippen LogP contribution in [0.3, 0.4) is 0 Å². The first kappa shape index (κ1) is 58.8. The number of amides is 1. The third kappa shape index (κ3) is 25.0. The van der Waals surface area contributed by atoms with E-state index in [0.29, 0.717) is 6.42 Å². The van der Waals surface area contributed by atoms with Gasteiger partial charge in [-0.3, -0.25) is 4.79 Å². The lowest BCUT2D eigenvalue weighted by Gasteiger charge is -2.46. The topological polar surface area (TPSA) is 228 Å². The van der Waals surface area contributed by atoms with Gasteiger partial charge in [-0.15, -0.1) is 0 Å². The van der Waals surface area contributed by atoms with Crippen molar-refractivity contribution in [2.24, 2.45) is 0 Å². The number of hydrogen-bond donors (Lipinski definition) is 9. The van der Waals surface area contributed by atoms with E-state index in [1.165, 1.54) is 51.4 Å². The molecule has 2 fully saturated rings. The Bertz CT molecular complexity index is 1320. The minimum Gasteiger partial charge on any atom is -0.394 e. The van der Waals surface area contributed by atoms with Crippen LogP contribution < -0.4 is 5.32 Å². The molecule has 0 radical (unpaired) electrons. The molecule has 0 saturated carbocycles. The summed E-state index contributed by atoms with van der Waals surface area (Å²) in [7, 11) is 0. The summed E-state index contributed by atoms with van der Waals surface area (Å²) in [5, 5.41) is 86.6. The van der Waals surface area contributed by atoms with Gasteiger partial charge in [0.25, 0.3) is 0 Å². The molecule has 0 aliphatic carbocycles. The van der Waals surface area contributed by atoms with Gasteiger partial charge < -0.3 is 65.1 Å². The van der Waals surface area contributed by atoms with Gasteiger partial charge in [0.2, 0.25) is 5.91 Å². The van der Waals surface area contributed by atoms with E-state index in [0.717, 1.165) is 83.5 Å². The fourth-order valence-corrected chi connectivity index (χ4v) is 7.87. The zero-order chi connectivity index (χ0) is 47.5. The number of allylic oxidation sites excluding steroid dienone is 9. The normalized spacial score (nSPS) is 27.5. The van der Waals surface area contributed by atoms with Crippen LogP contribution in [0.4, 0.5) is 0 Å². The molecule has 65 heavy (non-hydrogen) atoms. The molecule has 0 bridgehead atoms. The number of aliphatic hydroxyl groups excluding tert-OH is 8. The molecule has 2 saturated heterocycles. The van der Waals surface area contributed by atoms with Crippen LogP contribution in [0.5, 0.6) is 0 Å². The van der Waals surface area contributed by atoms with E-state index < -0.39 is 86.8 Å². The van der Waals surface area contributed by atoms with Crippen molar-refractivity contribution < 1.29 is 64.6 Å². The fourth-order valence-electron chi connectivity index (χ4n) is 7.87. The molecule has 12 unspecified atom stereocenters. The molecule has 2 heterocycles. The van der Waals surface area contributed by atoms with E-state index in [1.807, 2.05) is 6.08 Å². The smallest absolute Gasteiger partial charge is 0.220 e. The van der Waals surface area contributed by atoms with Gasteiger partial charge >= 0.3 is 0 Å². The molecule has 2 rings (SSSR count). The molecule has 0 aromatic carbocycles. The molecular formula is C51H89NO13. The zero-order valence-electron chi connectivity index (χ0n) is 39.7. The summed E-state index contributed by atoms with van der Waals surface area (Å²) in [4.78, 5) is 13.2. The molecule has 0 spiro atoms. The predicted octanol–water partition coefficient (Wildman–Crippen LogP) is 6.27. The molecule has 2 aliphatic rings. The second-order valence-corrected chi connectivity index (χ2v) is 17.6. The lowest BCUT2D eigenvalue weighted by molar-refractivity contribution is -0.359. The van der Waals surface area contributed by atoms with E-state index in [1.54, 1.807) is 6.08 Å². The number of nitrogens with one attached hydrogen (secondary N) is 1. The summed E-state index contributed by atoms with van der Waals surface area (Å²) in [6, 6.07) is -0.923. The monoisotopic (exact) mass is 924 g/mol. The van der Waals surface area contributed by atoms with Crippen molar-refractivity contribution >= 4 is 5.91 Å². The fraction of sp³-hybridized carbons (Fsp3) is 0.784. The van der Waals surface area contributed by atoms with E-state index in [9.17, 15) is 45.6 Å². The molecule has 1 amide bonds. The van der Waals surface area contributed by atoms with Crippen molar-refractivity contribution in [1.29, 1.82) is 0 Å².